The Labute approximate surface area is 135 Å². The molecular weight excluding hydrogens is 350 g/mol. The van der Waals surface area contributed by atoms with Crippen LogP contribution >= 0.6 is 11.3 Å². The quantitative estimate of drug-likeness (QED) is 0.750. The van der Waals surface area contributed by atoms with Gasteiger partial charge in [-0.05, 0) is 19.8 Å². The molecule has 1 aliphatic carbocycles. The largest absolute Gasteiger partial charge is 0.414 e. The Kier molecular flexibility index (Phi) is 4.43. The lowest BCUT2D eigenvalue weighted by atomic mass is 10.5. The number of alkyl halides is 2. The van der Waals surface area contributed by atoms with Gasteiger partial charge < -0.3 is 4.42 Å². The van der Waals surface area contributed by atoms with Crippen LogP contribution in [0.15, 0.2) is 10.6 Å². The van der Waals surface area contributed by atoms with Gasteiger partial charge >= 0.3 is 6.43 Å². The van der Waals surface area contributed by atoms with Crippen LogP contribution in [0.2, 0.25) is 0 Å². The standard InChI is InChI=1S/C12H14F2N4O3S2/c1-2-23(19,20)18(7-3-4-7)6-9-15-5-8(22-9)11-16-17-12(21-11)10(13)14/h5,7,10H,2-4,6H2,1H3. The van der Waals surface area contributed by atoms with Crippen molar-refractivity contribution in [2.75, 3.05) is 5.75 Å². The van der Waals surface area contributed by atoms with E-state index in [-0.39, 0.29) is 24.2 Å². The summed E-state index contributed by atoms with van der Waals surface area (Å²) in [7, 11) is -3.31. The Balaban J connectivity index is 1.78. The van der Waals surface area contributed by atoms with Crippen LogP contribution in [0.25, 0.3) is 10.8 Å². The van der Waals surface area contributed by atoms with E-state index in [0.29, 0.717) is 9.88 Å². The molecule has 0 saturated heterocycles. The fourth-order valence-electron chi connectivity index (χ4n) is 2.02. The van der Waals surface area contributed by atoms with E-state index in [4.69, 9.17) is 4.42 Å². The first kappa shape index (κ1) is 16.4. The molecule has 0 aromatic carbocycles. The molecule has 0 amide bonds. The summed E-state index contributed by atoms with van der Waals surface area (Å²) >= 11 is 1.15. The summed E-state index contributed by atoms with van der Waals surface area (Å²) in [5, 5.41) is 7.37. The van der Waals surface area contributed by atoms with Crippen molar-refractivity contribution in [2.45, 2.75) is 38.8 Å². The molecule has 2 aromatic heterocycles. The van der Waals surface area contributed by atoms with Gasteiger partial charge in [-0.3, -0.25) is 0 Å². The molecule has 0 radical (unpaired) electrons. The third-order valence-corrected chi connectivity index (χ3v) is 6.20. The van der Waals surface area contributed by atoms with Crippen LogP contribution in [0, 0.1) is 0 Å². The Morgan fingerprint density at radius 2 is 2.17 bits per heavy atom. The number of hydrogen-bond donors (Lipinski definition) is 0. The maximum atomic E-state index is 12.5. The van der Waals surface area contributed by atoms with Gasteiger partial charge in [0.25, 0.3) is 11.8 Å². The fraction of sp³-hybridized carbons (Fsp3) is 0.583. The zero-order valence-electron chi connectivity index (χ0n) is 12.1. The second-order valence-corrected chi connectivity index (χ2v) is 8.37. The monoisotopic (exact) mass is 364 g/mol. The van der Waals surface area contributed by atoms with Crippen LogP contribution in [0.1, 0.15) is 37.1 Å². The molecule has 1 aliphatic rings. The SMILES string of the molecule is CCS(=O)(=O)N(Cc1ncc(-c2nnc(C(F)F)o2)s1)C1CC1. The number of hydrogen-bond acceptors (Lipinski definition) is 7. The zero-order valence-corrected chi connectivity index (χ0v) is 13.8. The van der Waals surface area contributed by atoms with Crippen LogP contribution in [0.5, 0.6) is 0 Å². The highest BCUT2D eigenvalue weighted by Gasteiger charge is 2.36. The minimum atomic E-state index is -3.31. The molecule has 0 atom stereocenters. The zero-order chi connectivity index (χ0) is 16.6. The van der Waals surface area contributed by atoms with Crippen molar-refractivity contribution in [3.05, 3.63) is 17.1 Å². The third kappa shape index (κ3) is 3.56. The molecule has 1 saturated carbocycles. The van der Waals surface area contributed by atoms with E-state index in [0.717, 1.165) is 24.2 Å². The summed E-state index contributed by atoms with van der Waals surface area (Å²) in [5.41, 5.74) is 0. The van der Waals surface area contributed by atoms with Crippen LogP contribution in [0.4, 0.5) is 8.78 Å². The fourth-order valence-corrected chi connectivity index (χ4v) is 4.26. The smallest absolute Gasteiger partial charge is 0.314 e. The van der Waals surface area contributed by atoms with Gasteiger partial charge in [-0.25, -0.2) is 13.4 Å². The highest BCUT2D eigenvalue weighted by atomic mass is 32.2. The Morgan fingerprint density at radius 1 is 1.43 bits per heavy atom. The Bertz CT molecular complexity index is 786. The van der Waals surface area contributed by atoms with E-state index in [1.807, 2.05) is 0 Å². The minimum Gasteiger partial charge on any atom is -0.414 e. The lowest BCUT2D eigenvalue weighted by Crippen LogP contribution is -2.33. The lowest BCUT2D eigenvalue weighted by molar-refractivity contribution is 0.116. The van der Waals surface area contributed by atoms with E-state index in [2.05, 4.69) is 15.2 Å². The number of nitrogens with zero attached hydrogens (tertiary/aromatic N) is 4. The molecule has 1 fully saturated rings. The highest BCUT2D eigenvalue weighted by molar-refractivity contribution is 7.89. The van der Waals surface area contributed by atoms with Gasteiger partial charge in [-0.1, -0.05) is 0 Å². The molecule has 0 bridgehead atoms. The van der Waals surface area contributed by atoms with Crippen molar-refractivity contribution in [2.24, 2.45) is 0 Å². The number of sulfonamides is 1. The predicted molar refractivity (Wildman–Crippen MR) is 78.4 cm³/mol. The molecule has 2 heterocycles. The average molecular weight is 364 g/mol. The number of rotatable bonds is 7. The molecule has 0 N–H and O–H groups in total. The predicted octanol–water partition coefficient (Wildman–Crippen LogP) is 2.44. The number of thiazole rings is 1. The molecule has 23 heavy (non-hydrogen) atoms. The maximum Gasteiger partial charge on any atom is 0.314 e. The van der Waals surface area contributed by atoms with Gasteiger partial charge in [-0.15, -0.1) is 21.5 Å². The molecule has 11 heteroatoms. The molecular formula is C12H14F2N4O3S2. The average Bonchev–Trinajstić information content (AvgIpc) is 3.03. The summed E-state index contributed by atoms with van der Waals surface area (Å²) in [4.78, 5) is 4.58. The Hall–Kier alpha value is -1.46. The van der Waals surface area contributed by atoms with Crippen LogP contribution in [-0.4, -0.2) is 39.7 Å². The first-order chi connectivity index (χ1) is 10.9. The number of halogens is 2. The summed E-state index contributed by atoms with van der Waals surface area (Å²) in [5.74, 6) is -0.758. The summed E-state index contributed by atoms with van der Waals surface area (Å²) < 4.78 is 55.5. The Morgan fingerprint density at radius 3 is 2.74 bits per heavy atom. The van der Waals surface area contributed by atoms with Crippen molar-refractivity contribution in [3.63, 3.8) is 0 Å². The topological polar surface area (TPSA) is 89.2 Å². The van der Waals surface area contributed by atoms with E-state index in [1.165, 1.54) is 10.5 Å². The normalized spacial score (nSPS) is 15.7. The minimum absolute atomic E-state index is 0.0288. The maximum absolute atomic E-state index is 12.5. The van der Waals surface area contributed by atoms with Crippen molar-refractivity contribution in [3.8, 4) is 10.8 Å². The van der Waals surface area contributed by atoms with Gasteiger partial charge in [0.05, 0.1) is 18.5 Å². The van der Waals surface area contributed by atoms with Crippen molar-refractivity contribution < 1.29 is 21.6 Å². The molecule has 0 unspecified atom stereocenters. The van der Waals surface area contributed by atoms with Gasteiger partial charge in [0, 0.05) is 6.04 Å². The second-order valence-electron chi connectivity index (χ2n) is 5.04. The van der Waals surface area contributed by atoms with Gasteiger partial charge in [0.2, 0.25) is 10.0 Å². The number of aromatic nitrogens is 3. The van der Waals surface area contributed by atoms with Crippen LogP contribution < -0.4 is 0 Å². The summed E-state index contributed by atoms with van der Waals surface area (Å²) in [6.45, 7) is 1.77. The first-order valence-corrected chi connectivity index (χ1v) is 9.39. The highest BCUT2D eigenvalue weighted by Crippen LogP contribution is 2.33. The molecule has 0 spiro atoms. The van der Waals surface area contributed by atoms with E-state index >= 15 is 0 Å². The van der Waals surface area contributed by atoms with Crippen molar-refractivity contribution in [1.29, 1.82) is 0 Å². The molecule has 126 valence electrons. The van der Waals surface area contributed by atoms with Crippen molar-refractivity contribution in [1.82, 2.24) is 19.5 Å². The van der Waals surface area contributed by atoms with Crippen LogP contribution in [-0.2, 0) is 16.6 Å². The summed E-state index contributed by atoms with van der Waals surface area (Å²) in [6, 6.07) is 0.0288. The van der Waals surface area contributed by atoms with Gasteiger partial charge in [0.1, 0.15) is 9.88 Å². The van der Waals surface area contributed by atoms with Gasteiger partial charge in [-0.2, -0.15) is 13.1 Å². The molecule has 2 aromatic rings. The molecule has 3 rings (SSSR count). The lowest BCUT2D eigenvalue weighted by Gasteiger charge is -2.19. The third-order valence-electron chi connectivity index (χ3n) is 3.36. The summed E-state index contributed by atoms with van der Waals surface area (Å²) in [6.07, 6.45) is 0.285. The van der Waals surface area contributed by atoms with Crippen molar-refractivity contribution >= 4 is 21.4 Å². The van der Waals surface area contributed by atoms with Crippen LogP contribution in [0.3, 0.4) is 0 Å². The molecule has 0 aliphatic heterocycles. The van der Waals surface area contributed by atoms with E-state index in [9.17, 15) is 17.2 Å². The van der Waals surface area contributed by atoms with E-state index < -0.39 is 22.3 Å². The molecule has 7 nitrogen and oxygen atoms in total. The van der Waals surface area contributed by atoms with Gasteiger partial charge in [0.15, 0.2) is 0 Å². The first-order valence-electron chi connectivity index (χ1n) is 6.97. The van der Waals surface area contributed by atoms with E-state index in [1.54, 1.807) is 6.92 Å². The second kappa shape index (κ2) is 6.21.